The predicted molar refractivity (Wildman–Crippen MR) is 93.9 cm³/mol. The van der Waals surface area contributed by atoms with E-state index in [1.807, 2.05) is 35.9 Å². The lowest BCUT2D eigenvalue weighted by Crippen LogP contribution is -2.30. The molecule has 3 rings (SSSR count). The third-order valence-electron chi connectivity index (χ3n) is 4.20. The van der Waals surface area contributed by atoms with E-state index in [0.717, 1.165) is 18.4 Å². The molecule has 1 atom stereocenters. The van der Waals surface area contributed by atoms with Crippen molar-refractivity contribution in [3.05, 3.63) is 34.9 Å². The molecule has 0 spiro atoms. The van der Waals surface area contributed by atoms with E-state index in [2.05, 4.69) is 20.8 Å². The number of nitrogens with one attached hydrogen (secondary N) is 1. The minimum absolute atomic E-state index is 0.0547. The Balaban J connectivity index is 1.57. The SMILES string of the molecule is CC(Sc1nnnn1C1CCCC1)C(=O)NCc1ccccc1Cl. The molecule has 128 valence electrons. The first kappa shape index (κ1) is 17.2. The van der Waals surface area contributed by atoms with Gasteiger partial charge in [0.25, 0.3) is 0 Å². The predicted octanol–water partition coefficient (Wildman–Crippen LogP) is 3.24. The Morgan fingerprint density at radius 2 is 2.17 bits per heavy atom. The number of amides is 1. The molecule has 1 amide bonds. The van der Waals surface area contributed by atoms with Crippen LogP contribution in [-0.4, -0.2) is 31.4 Å². The van der Waals surface area contributed by atoms with Crippen molar-refractivity contribution in [1.29, 1.82) is 0 Å². The molecule has 1 heterocycles. The smallest absolute Gasteiger partial charge is 0.233 e. The maximum Gasteiger partial charge on any atom is 0.233 e. The third-order valence-corrected chi connectivity index (χ3v) is 5.61. The lowest BCUT2D eigenvalue weighted by molar-refractivity contribution is -0.120. The van der Waals surface area contributed by atoms with Gasteiger partial charge >= 0.3 is 0 Å². The fraction of sp³-hybridized carbons (Fsp3) is 0.500. The first-order chi connectivity index (χ1) is 11.6. The molecule has 24 heavy (non-hydrogen) atoms. The van der Waals surface area contributed by atoms with Crippen molar-refractivity contribution < 1.29 is 4.79 Å². The van der Waals surface area contributed by atoms with Crippen molar-refractivity contribution in [2.75, 3.05) is 0 Å². The average molecular weight is 366 g/mol. The fourth-order valence-corrected chi connectivity index (χ4v) is 3.91. The molecule has 0 bridgehead atoms. The number of tetrazole rings is 1. The van der Waals surface area contributed by atoms with Gasteiger partial charge in [-0.2, -0.15) is 0 Å². The van der Waals surface area contributed by atoms with Crippen molar-refractivity contribution in [1.82, 2.24) is 25.5 Å². The Labute approximate surface area is 150 Å². The molecule has 1 aromatic carbocycles. The zero-order chi connectivity index (χ0) is 16.9. The van der Waals surface area contributed by atoms with Gasteiger partial charge in [-0.3, -0.25) is 4.79 Å². The van der Waals surface area contributed by atoms with Gasteiger partial charge in [0.2, 0.25) is 11.1 Å². The molecule has 6 nitrogen and oxygen atoms in total. The van der Waals surface area contributed by atoms with E-state index in [1.54, 1.807) is 0 Å². The third kappa shape index (κ3) is 4.08. The maximum absolute atomic E-state index is 12.3. The Kier molecular flexibility index (Phi) is 5.73. The zero-order valence-electron chi connectivity index (χ0n) is 13.5. The van der Waals surface area contributed by atoms with E-state index in [0.29, 0.717) is 22.8 Å². The van der Waals surface area contributed by atoms with Crippen LogP contribution in [0.1, 0.15) is 44.2 Å². The summed E-state index contributed by atoms with van der Waals surface area (Å²) in [6.07, 6.45) is 4.63. The number of aromatic nitrogens is 4. The lowest BCUT2D eigenvalue weighted by Gasteiger charge is -2.14. The molecule has 2 aromatic rings. The second kappa shape index (κ2) is 7.98. The number of rotatable bonds is 6. The molecule has 1 unspecified atom stereocenters. The lowest BCUT2D eigenvalue weighted by atomic mass is 10.2. The van der Waals surface area contributed by atoms with Crippen molar-refractivity contribution in [3.8, 4) is 0 Å². The van der Waals surface area contributed by atoms with Gasteiger partial charge in [0, 0.05) is 11.6 Å². The van der Waals surface area contributed by atoms with E-state index >= 15 is 0 Å². The summed E-state index contributed by atoms with van der Waals surface area (Å²) in [5, 5.41) is 16.0. The second-order valence-corrected chi connectivity index (χ2v) is 7.63. The van der Waals surface area contributed by atoms with E-state index in [9.17, 15) is 4.79 Å². The highest BCUT2D eigenvalue weighted by atomic mass is 35.5. The van der Waals surface area contributed by atoms with Crippen LogP contribution in [-0.2, 0) is 11.3 Å². The summed E-state index contributed by atoms with van der Waals surface area (Å²) in [5.74, 6) is -0.0547. The average Bonchev–Trinajstić information content (AvgIpc) is 3.24. The van der Waals surface area contributed by atoms with E-state index in [-0.39, 0.29) is 11.2 Å². The monoisotopic (exact) mass is 365 g/mol. The summed E-state index contributed by atoms with van der Waals surface area (Å²) in [5.41, 5.74) is 0.903. The summed E-state index contributed by atoms with van der Waals surface area (Å²) < 4.78 is 1.87. The number of halogens is 1. The largest absolute Gasteiger partial charge is 0.351 e. The molecule has 0 radical (unpaired) electrons. The molecule has 1 aliphatic rings. The molecular weight excluding hydrogens is 346 g/mol. The van der Waals surface area contributed by atoms with E-state index in [4.69, 9.17) is 11.6 Å². The number of thioether (sulfide) groups is 1. The van der Waals surface area contributed by atoms with E-state index in [1.165, 1.54) is 24.6 Å². The molecule has 0 aliphatic heterocycles. The molecular formula is C16H20ClN5OS. The topological polar surface area (TPSA) is 72.7 Å². The Morgan fingerprint density at radius 3 is 2.92 bits per heavy atom. The highest BCUT2D eigenvalue weighted by molar-refractivity contribution is 8.00. The van der Waals surface area contributed by atoms with Crippen molar-refractivity contribution in [3.63, 3.8) is 0 Å². The van der Waals surface area contributed by atoms with Gasteiger partial charge in [-0.1, -0.05) is 54.4 Å². The van der Waals surface area contributed by atoms with Gasteiger partial charge in [-0.25, -0.2) is 4.68 Å². The summed E-state index contributed by atoms with van der Waals surface area (Å²) in [4.78, 5) is 12.3. The molecule has 8 heteroatoms. The quantitative estimate of drug-likeness (QED) is 0.795. The number of hydrogen-bond acceptors (Lipinski definition) is 5. The van der Waals surface area contributed by atoms with Crippen molar-refractivity contribution in [2.45, 2.75) is 55.6 Å². The Bertz CT molecular complexity index is 701. The van der Waals surface area contributed by atoms with Crippen LogP contribution in [0.5, 0.6) is 0 Å². The standard InChI is InChI=1S/C16H20ClN5OS/c1-11(15(23)18-10-12-6-2-5-9-14(12)17)24-16-19-20-21-22(16)13-7-3-4-8-13/h2,5-6,9,11,13H,3-4,7-8,10H2,1H3,(H,18,23). The van der Waals surface area contributed by atoms with Crippen molar-refractivity contribution in [2.24, 2.45) is 0 Å². The second-order valence-electron chi connectivity index (χ2n) is 5.91. The van der Waals surface area contributed by atoms with Crippen LogP contribution in [0.4, 0.5) is 0 Å². The number of benzene rings is 1. The van der Waals surface area contributed by atoms with Gasteiger partial charge in [-0.15, -0.1) is 5.10 Å². The van der Waals surface area contributed by atoms with Gasteiger partial charge in [0.15, 0.2) is 0 Å². The van der Waals surface area contributed by atoms with Crippen LogP contribution in [0, 0.1) is 0 Å². The number of hydrogen-bond donors (Lipinski definition) is 1. The van der Waals surface area contributed by atoms with Gasteiger partial charge in [0.05, 0.1) is 11.3 Å². The molecule has 1 aromatic heterocycles. The molecule has 0 saturated heterocycles. The number of carbonyl (C=O) groups excluding carboxylic acids is 1. The minimum atomic E-state index is -0.279. The first-order valence-corrected chi connectivity index (χ1v) is 9.36. The zero-order valence-corrected chi connectivity index (χ0v) is 15.1. The highest BCUT2D eigenvalue weighted by Crippen LogP contribution is 2.32. The van der Waals surface area contributed by atoms with Crippen LogP contribution in [0.3, 0.4) is 0 Å². The van der Waals surface area contributed by atoms with Gasteiger partial charge in [-0.05, 0) is 41.8 Å². The van der Waals surface area contributed by atoms with Gasteiger partial charge < -0.3 is 5.32 Å². The molecule has 1 fully saturated rings. The van der Waals surface area contributed by atoms with E-state index < -0.39 is 0 Å². The van der Waals surface area contributed by atoms with Crippen LogP contribution < -0.4 is 5.32 Å². The fourth-order valence-electron chi connectivity index (χ4n) is 2.82. The summed E-state index contributed by atoms with van der Waals surface area (Å²) >= 11 is 7.50. The van der Waals surface area contributed by atoms with Crippen LogP contribution in [0.15, 0.2) is 29.4 Å². The molecule has 1 saturated carbocycles. The Morgan fingerprint density at radius 1 is 1.42 bits per heavy atom. The molecule has 1 N–H and O–H groups in total. The summed E-state index contributed by atoms with van der Waals surface area (Å²) in [6.45, 7) is 2.28. The Hall–Kier alpha value is -1.60. The van der Waals surface area contributed by atoms with Gasteiger partial charge in [0.1, 0.15) is 0 Å². The van der Waals surface area contributed by atoms with Crippen molar-refractivity contribution >= 4 is 29.3 Å². The maximum atomic E-state index is 12.3. The van der Waals surface area contributed by atoms with Crippen LogP contribution in [0.25, 0.3) is 0 Å². The first-order valence-electron chi connectivity index (χ1n) is 8.11. The molecule has 1 aliphatic carbocycles. The number of nitrogens with zero attached hydrogens (tertiary/aromatic N) is 4. The highest BCUT2D eigenvalue weighted by Gasteiger charge is 2.24. The minimum Gasteiger partial charge on any atom is -0.351 e. The summed E-state index contributed by atoms with van der Waals surface area (Å²) in [7, 11) is 0. The summed E-state index contributed by atoms with van der Waals surface area (Å²) in [6, 6.07) is 7.86. The number of carbonyl (C=O) groups is 1. The van der Waals surface area contributed by atoms with Crippen LogP contribution in [0.2, 0.25) is 5.02 Å². The van der Waals surface area contributed by atoms with Crippen LogP contribution >= 0.6 is 23.4 Å². The normalized spacial score (nSPS) is 16.2.